The first-order valence-corrected chi connectivity index (χ1v) is 6.40. The zero-order valence-electron chi connectivity index (χ0n) is 10.9. The summed E-state index contributed by atoms with van der Waals surface area (Å²) in [6.07, 6.45) is 1.20. The number of aryl methyl sites for hydroxylation is 1. The van der Waals surface area contributed by atoms with Crippen LogP contribution in [0, 0.1) is 12.8 Å². The average molecular weight is 238 g/mol. The summed E-state index contributed by atoms with van der Waals surface area (Å²) in [5.74, 6) is 2.64. The van der Waals surface area contributed by atoms with Gasteiger partial charge in [-0.05, 0) is 19.3 Å². The molecule has 0 saturated carbocycles. The SMILES string of the molecule is Cc1nnc(C2CNCCO2)n1CCC(C)C. The van der Waals surface area contributed by atoms with E-state index in [-0.39, 0.29) is 6.10 Å². The lowest BCUT2D eigenvalue weighted by atomic mass is 10.1. The van der Waals surface area contributed by atoms with Crippen molar-refractivity contribution < 1.29 is 4.74 Å². The molecule has 0 aromatic carbocycles. The highest BCUT2D eigenvalue weighted by molar-refractivity contribution is 4.99. The Kier molecular flexibility index (Phi) is 4.12. The molecule has 0 radical (unpaired) electrons. The van der Waals surface area contributed by atoms with Crippen LogP contribution in [0.5, 0.6) is 0 Å². The smallest absolute Gasteiger partial charge is 0.163 e. The monoisotopic (exact) mass is 238 g/mol. The second kappa shape index (κ2) is 5.60. The molecular formula is C12H22N4O. The van der Waals surface area contributed by atoms with Crippen LogP contribution in [0.3, 0.4) is 0 Å². The van der Waals surface area contributed by atoms with E-state index in [0.717, 1.165) is 44.3 Å². The molecule has 0 aliphatic carbocycles. The molecule has 1 aromatic rings. The van der Waals surface area contributed by atoms with Crippen LogP contribution in [0.15, 0.2) is 0 Å². The lowest BCUT2D eigenvalue weighted by molar-refractivity contribution is 0.0195. The molecule has 0 spiro atoms. The molecule has 1 fully saturated rings. The number of hydrogen-bond donors (Lipinski definition) is 1. The molecule has 2 rings (SSSR count). The molecule has 2 heterocycles. The van der Waals surface area contributed by atoms with E-state index in [1.165, 1.54) is 0 Å². The van der Waals surface area contributed by atoms with Crippen molar-refractivity contribution in [2.45, 2.75) is 39.8 Å². The minimum atomic E-state index is 0.0529. The first-order chi connectivity index (χ1) is 8.18. The third-order valence-corrected chi connectivity index (χ3v) is 3.11. The van der Waals surface area contributed by atoms with Crippen LogP contribution in [0.25, 0.3) is 0 Å². The Morgan fingerprint density at radius 1 is 1.47 bits per heavy atom. The quantitative estimate of drug-likeness (QED) is 0.859. The van der Waals surface area contributed by atoms with Crippen molar-refractivity contribution in [3.8, 4) is 0 Å². The van der Waals surface area contributed by atoms with Gasteiger partial charge in [-0.25, -0.2) is 0 Å². The fourth-order valence-electron chi connectivity index (χ4n) is 2.03. The third-order valence-electron chi connectivity index (χ3n) is 3.11. The molecule has 17 heavy (non-hydrogen) atoms. The molecule has 1 aliphatic heterocycles. The minimum Gasteiger partial charge on any atom is -0.368 e. The van der Waals surface area contributed by atoms with Crippen LogP contribution in [0.4, 0.5) is 0 Å². The van der Waals surface area contributed by atoms with Crippen molar-refractivity contribution in [3.63, 3.8) is 0 Å². The highest BCUT2D eigenvalue weighted by Gasteiger charge is 2.22. The van der Waals surface area contributed by atoms with Gasteiger partial charge in [0.1, 0.15) is 11.9 Å². The summed E-state index contributed by atoms with van der Waals surface area (Å²) in [7, 11) is 0. The van der Waals surface area contributed by atoms with Gasteiger partial charge in [-0.2, -0.15) is 0 Å². The number of nitrogens with zero attached hydrogens (tertiary/aromatic N) is 3. The van der Waals surface area contributed by atoms with E-state index in [1.807, 2.05) is 6.92 Å². The van der Waals surface area contributed by atoms with Gasteiger partial charge in [-0.15, -0.1) is 10.2 Å². The van der Waals surface area contributed by atoms with Gasteiger partial charge in [0, 0.05) is 19.6 Å². The van der Waals surface area contributed by atoms with Crippen LogP contribution >= 0.6 is 0 Å². The van der Waals surface area contributed by atoms with Gasteiger partial charge in [0.15, 0.2) is 5.82 Å². The fraction of sp³-hybridized carbons (Fsp3) is 0.833. The van der Waals surface area contributed by atoms with Crippen molar-refractivity contribution in [2.75, 3.05) is 19.7 Å². The Morgan fingerprint density at radius 3 is 2.94 bits per heavy atom. The van der Waals surface area contributed by atoms with Crippen LogP contribution in [0.2, 0.25) is 0 Å². The van der Waals surface area contributed by atoms with Gasteiger partial charge in [0.25, 0.3) is 0 Å². The predicted octanol–water partition coefficient (Wildman–Crippen LogP) is 1.29. The number of rotatable bonds is 4. The van der Waals surface area contributed by atoms with Gasteiger partial charge in [-0.3, -0.25) is 0 Å². The number of aromatic nitrogens is 3. The second-order valence-electron chi connectivity index (χ2n) is 5.00. The van der Waals surface area contributed by atoms with Gasteiger partial charge in [0.2, 0.25) is 0 Å². The van der Waals surface area contributed by atoms with Crippen LogP contribution < -0.4 is 5.32 Å². The standard InChI is InChI=1S/C12H22N4O/c1-9(2)4-6-16-10(3)14-15-12(16)11-8-13-5-7-17-11/h9,11,13H,4-8H2,1-3H3. The highest BCUT2D eigenvalue weighted by atomic mass is 16.5. The summed E-state index contributed by atoms with van der Waals surface area (Å²) >= 11 is 0. The summed E-state index contributed by atoms with van der Waals surface area (Å²) in [5, 5.41) is 11.8. The Balaban J connectivity index is 2.10. The molecule has 0 bridgehead atoms. The molecular weight excluding hydrogens is 216 g/mol. The van der Waals surface area contributed by atoms with Crippen molar-refractivity contribution in [3.05, 3.63) is 11.6 Å². The van der Waals surface area contributed by atoms with Crippen LogP contribution in [0.1, 0.15) is 38.0 Å². The second-order valence-corrected chi connectivity index (χ2v) is 5.00. The topological polar surface area (TPSA) is 52.0 Å². The number of morpholine rings is 1. The third kappa shape index (κ3) is 3.04. The van der Waals surface area contributed by atoms with Gasteiger partial charge in [0.05, 0.1) is 6.61 Å². The Morgan fingerprint density at radius 2 is 2.29 bits per heavy atom. The van der Waals surface area contributed by atoms with E-state index < -0.39 is 0 Å². The molecule has 1 aliphatic rings. The van der Waals surface area contributed by atoms with E-state index in [9.17, 15) is 0 Å². The Bertz CT molecular complexity index is 355. The Hall–Kier alpha value is -0.940. The molecule has 1 aromatic heterocycles. The lowest BCUT2D eigenvalue weighted by Gasteiger charge is -2.23. The number of nitrogens with one attached hydrogen (secondary N) is 1. The largest absolute Gasteiger partial charge is 0.368 e. The summed E-state index contributed by atoms with van der Waals surface area (Å²) in [6, 6.07) is 0. The fourth-order valence-corrected chi connectivity index (χ4v) is 2.03. The van der Waals surface area contributed by atoms with Gasteiger partial charge >= 0.3 is 0 Å². The molecule has 96 valence electrons. The van der Waals surface area contributed by atoms with Crippen LogP contribution in [-0.2, 0) is 11.3 Å². The maximum Gasteiger partial charge on any atom is 0.163 e. The lowest BCUT2D eigenvalue weighted by Crippen LogP contribution is -2.34. The van der Waals surface area contributed by atoms with Crippen molar-refractivity contribution in [1.82, 2.24) is 20.1 Å². The summed E-state index contributed by atoms with van der Waals surface area (Å²) in [4.78, 5) is 0. The van der Waals surface area contributed by atoms with E-state index in [1.54, 1.807) is 0 Å². The number of hydrogen-bond acceptors (Lipinski definition) is 4. The maximum atomic E-state index is 5.74. The van der Waals surface area contributed by atoms with Crippen molar-refractivity contribution >= 4 is 0 Å². The zero-order valence-corrected chi connectivity index (χ0v) is 10.9. The summed E-state index contributed by atoms with van der Waals surface area (Å²) in [6.45, 7) is 9.96. The Labute approximate surface area is 103 Å². The maximum absolute atomic E-state index is 5.74. The van der Waals surface area contributed by atoms with E-state index in [2.05, 4.69) is 33.9 Å². The van der Waals surface area contributed by atoms with Gasteiger partial charge < -0.3 is 14.6 Å². The average Bonchev–Trinajstić information content (AvgIpc) is 2.69. The predicted molar refractivity (Wildman–Crippen MR) is 65.8 cm³/mol. The zero-order chi connectivity index (χ0) is 12.3. The molecule has 5 nitrogen and oxygen atoms in total. The molecule has 1 saturated heterocycles. The first kappa shape index (κ1) is 12.5. The first-order valence-electron chi connectivity index (χ1n) is 6.40. The van der Waals surface area contributed by atoms with Crippen LogP contribution in [-0.4, -0.2) is 34.5 Å². The molecule has 1 atom stereocenters. The van der Waals surface area contributed by atoms with Crippen molar-refractivity contribution in [2.24, 2.45) is 5.92 Å². The molecule has 1 N–H and O–H groups in total. The van der Waals surface area contributed by atoms with Crippen molar-refractivity contribution in [1.29, 1.82) is 0 Å². The molecule has 5 heteroatoms. The molecule has 0 amide bonds. The van der Waals surface area contributed by atoms with E-state index in [4.69, 9.17) is 4.74 Å². The highest BCUT2D eigenvalue weighted by Crippen LogP contribution is 2.18. The minimum absolute atomic E-state index is 0.0529. The normalized spacial score (nSPS) is 21.1. The van der Waals surface area contributed by atoms with E-state index in [0.29, 0.717) is 5.92 Å². The van der Waals surface area contributed by atoms with Gasteiger partial charge in [-0.1, -0.05) is 13.8 Å². The summed E-state index contributed by atoms with van der Waals surface area (Å²) < 4.78 is 7.93. The number of ether oxygens (including phenoxy) is 1. The summed E-state index contributed by atoms with van der Waals surface area (Å²) in [5.41, 5.74) is 0. The van der Waals surface area contributed by atoms with E-state index >= 15 is 0 Å². The molecule has 1 unspecified atom stereocenters.